The van der Waals surface area contributed by atoms with Crippen LogP contribution in [0.5, 0.6) is 0 Å². The number of halogens is 4. The van der Waals surface area contributed by atoms with Gasteiger partial charge in [-0.3, -0.25) is 14.9 Å². The molecule has 5 nitrogen and oxygen atoms in total. The molecule has 1 unspecified atom stereocenters. The molecular weight excluding hydrogens is 434 g/mol. The van der Waals surface area contributed by atoms with Crippen LogP contribution in [0.1, 0.15) is 12.1 Å². The van der Waals surface area contributed by atoms with Crippen molar-refractivity contribution in [2.24, 2.45) is 10.9 Å². The van der Waals surface area contributed by atoms with Crippen LogP contribution in [0.4, 0.5) is 13.2 Å². The Morgan fingerprint density at radius 2 is 2.17 bits per heavy atom. The first-order valence-electron chi connectivity index (χ1n) is 7.60. The summed E-state index contributed by atoms with van der Waals surface area (Å²) in [7, 11) is 1.67. The summed E-state index contributed by atoms with van der Waals surface area (Å²) < 4.78 is 37.1. The lowest BCUT2D eigenvalue weighted by Gasteiger charge is -2.18. The van der Waals surface area contributed by atoms with E-state index in [1.807, 2.05) is 18.2 Å². The topological polar surface area (TPSA) is 52.6 Å². The monoisotopic (exact) mass is 457 g/mol. The fourth-order valence-electron chi connectivity index (χ4n) is 2.62. The fraction of sp³-hybridized carbons (Fsp3) is 0.600. The molecule has 2 heterocycles. The zero-order chi connectivity index (χ0) is 16.7. The number of rotatable bonds is 5. The van der Waals surface area contributed by atoms with Gasteiger partial charge in [-0.25, -0.2) is 0 Å². The normalized spacial score (nSPS) is 19.0. The van der Waals surface area contributed by atoms with Crippen molar-refractivity contribution in [2.45, 2.75) is 19.1 Å². The second-order valence-electron chi connectivity index (χ2n) is 5.63. The quantitative estimate of drug-likeness (QED) is 0.405. The van der Waals surface area contributed by atoms with Gasteiger partial charge in [-0.05, 0) is 31.0 Å². The maximum Gasteiger partial charge on any atom is 0.401 e. The summed E-state index contributed by atoms with van der Waals surface area (Å²) in [6.45, 7) is 1.29. The maximum absolute atomic E-state index is 12.4. The van der Waals surface area contributed by atoms with Gasteiger partial charge in [0.25, 0.3) is 0 Å². The number of hydrogen-bond acceptors (Lipinski definition) is 3. The van der Waals surface area contributed by atoms with Gasteiger partial charge < -0.3 is 10.6 Å². The van der Waals surface area contributed by atoms with Crippen LogP contribution in [0, 0.1) is 5.92 Å². The molecule has 1 aromatic heterocycles. The first-order chi connectivity index (χ1) is 11.0. The molecule has 0 amide bonds. The minimum Gasteiger partial charge on any atom is -0.356 e. The Hall–Kier alpha value is -1.10. The molecule has 1 aliphatic rings. The van der Waals surface area contributed by atoms with Crippen molar-refractivity contribution in [3.8, 4) is 0 Å². The molecule has 136 valence electrons. The number of hydrogen-bond donors (Lipinski definition) is 2. The smallest absolute Gasteiger partial charge is 0.356 e. The highest BCUT2D eigenvalue weighted by Crippen LogP contribution is 2.22. The number of nitrogens with one attached hydrogen (secondary N) is 2. The van der Waals surface area contributed by atoms with Crippen molar-refractivity contribution < 1.29 is 13.2 Å². The molecule has 9 heteroatoms. The number of alkyl halides is 3. The van der Waals surface area contributed by atoms with Crippen LogP contribution >= 0.6 is 24.0 Å². The number of guanidine groups is 1. The Morgan fingerprint density at radius 3 is 2.79 bits per heavy atom. The average molecular weight is 457 g/mol. The van der Waals surface area contributed by atoms with E-state index in [2.05, 4.69) is 20.6 Å². The summed E-state index contributed by atoms with van der Waals surface area (Å²) in [5, 5.41) is 6.31. The van der Waals surface area contributed by atoms with E-state index in [1.54, 1.807) is 13.2 Å². The summed E-state index contributed by atoms with van der Waals surface area (Å²) in [5.41, 5.74) is 0.896. The number of aliphatic imine (C=N–C) groups is 1. The van der Waals surface area contributed by atoms with Gasteiger partial charge >= 0.3 is 6.18 Å². The SMILES string of the molecule is CN=C(NCc1ccccn1)NCC1CCN(CC(F)(F)F)C1.I. The van der Waals surface area contributed by atoms with Gasteiger partial charge in [-0.2, -0.15) is 13.2 Å². The van der Waals surface area contributed by atoms with E-state index in [9.17, 15) is 13.2 Å². The van der Waals surface area contributed by atoms with Crippen molar-refractivity contribution in [1.82, 2.24) is 20.5 Å². The van der Waals surface area contributed by atoms with Gasteiger partial charge in [0.05, 0.1) is 18.8 Å². The zero-order valence-electron chi connectivity index (χ0n) is 13.5. The van der Waals surface area contributed by atoms with Crippen molar-refractivity contribution in [1.29, 1.82) is 0 Å². The van der Waals surface area contributed by atoms with Gasteiger partial charge in [0.2, 0.25) is 0 Å². The largest absolute Gasteiger partial charge is 0.401 e. The highest BCUT2D eigenvalue weighted by molar-refractivity contribution is 14.0. The predicted octanol–water partition coefficient (Wildman–Crippen LogP) is 2.25. The van der Waals surface area contributed by atoms with Crippen LogP contribution in [0.25, 0.3) is 0 Å². The van der Waals surface area contributed by atoms with Crippen LogP contribution in [-0.2, 0) is 6.54 Å². The molecule has 0 spiro atoms. The average Bonchev–Trinajstić information content (AvgIpc) is 2.94. The molecular formula is C15H23F3IN5. The third kappa shape index (κ3) is 7.65. The van der Waals surface area contributed by atoms with E-state index >= 15 is 0 Å². The highest BCUT2D eigenvalue weighted by atomic mass is 127. The molecule has 2 rings (SSSR count). The molecule has 0 saturated carbocycles. The van der Waals surface area contributed by atoms with Crippen molar-refractivity contribution in [3.63, 3.8) is 0 Å². The first kappa shape index (κ1) is 20.9. The van der Waals surface area contributed by atoms with Crippen LogP contribution < -0.4 is 10.6 Å². The standard InChI is InChI=1S/C15H22F3N5.HI/c1-19-14(22-9-13-4-2-3-6-20-13)21-8-12-5-7-23(10-12)11-15(16,17)18;/h2-4,6,12H,5,7-11H2,1H3,(H2,19,21,22);1H. The number of pyridine rings is 1. The summed E-state index contributed by atoms with van der Waals surface area (Å²) >= 11 is 0. The molecule has 1 atom stereocenters. The second kappa shape index (κ2) is 10.0. The molecule has 1 aliphatic heterocycles. The summed E-state index contributed by atoms with van der Waals surface area (Å²) in [6.07, 6.45) is -1.64. The minimum atomic E-state index is -4.12. The van der Waals surface area contributed by atoms with Crippen molar-refractivity contribution in [2.75, 3.05) is 33.2 Å². The zero-order valence-corrected chi connectivity index (χ0v) is 15.8. The molecule has 2 N–H and O–H groups in total. The molecule has 0 aromatic carbocycles. The van der Waals surface area contributed by atoms with E-state index in [0.29, 0.717) is 32.1 Å². The highest BCUT2D eigenvalue weighted by Gasteiger charge is 2.34. The number of aromatic nitrogens is 1. The number of nitrogens with zero attached hydrogens (tertiary/aromatic N) is 3. The van der Waals surface area contributed by atoms with Gasteiger partial charge in [0.15, 0.2) is 5.96 Å². The number of likely N-dealkylation sites (tertiary alicyclic amines) is 1. The van der Waals surface area contributed by atoms with Crippen molar-refractivity contribution >= 4 is 29.9 Å². The van der Waals surface area contributed by atoms with Gasteiger partial charge in [-0.15, -0.1) is 24.0 Å². The molecule has 1 aromatic rings. The van der Waals surface area contributed by atoms with Gasteiger partial charge in [0.1, 0.15) is 0 Å². The maximum atomic E-state index is 12.4. The second-order valence-corrected chi connectivity index (χ2v) is 5.63. The molecule has 1 saturated heterocycles. The third-order valence-corrected chi connectivity index (χ3v) is 3.72. The van der Waals surface area contributed by atoms with Crippen LogP contribution in [0.2, 0.25) is 0 Å². The van der Waals surface area contributed by atoms with Gasteiger partial charge in [-0.1, -0.05) is 6.07 Å². The fourth-order valence-corrected chi connectivity index (χ4v) is 2.62. The van der Waals surface area contributed by atoms with Gasteiger partial charge in [0, 0.05) is 26.3 Å². The van der Waals surface area contributed by atoms with Crippen molar-refractivity contribution in [3.05, 3.63) is 30.1 Å². The molecule has 1 fully saturated rings. The molecule has 0 radical (unpaired) electrons. The predicted molar refractivity (Wildman–Crippen MR) is 98.5 cm³/mol. The Balaban J connectivity index is 0.00000288. The Kier molecular flexibility index (Phi) is 8.74. The van der Waals surface area contributed by atoms with E-state index in [-0.39, 0.29) is 29.9 Å². The summed E-state index contributed by atoms with van der Waals surface area (Å²) in [4.78, 5) is 9.78. The Morgan fingerprint density at radius 1 is 1.38 bits per heavy atom. The van der Waals surface area contributed by atoms with E-state index < -0.39 is 12.7 Å². The summed E-state index contributed by atoms with van der Waals surface area (Å²) in [5.74, 6) is 0.829. The van der Waals surface area contributed by atoms with Crippen LogP contribution in [0.3, 0.4) is 0 Å². The Bertz CT molecular complexity index is 510. The first-order valence-corrected chi connectivity index (χ1v) is 7.60. The molecule has 0 bridgehead atoms. The Labute approximate surface area is 157 Å². The lowest BCUT2D eigenvalue weighted by atomic mass is 10.1. The minimum absolute atomic E-state index is 0. The van der Waals surface area contributed by atoms with Crippen LogP contribution in [-0.4, -0.2) is 55.2 Å². The third-order valence-electron chi connectivity index (χ3n) is 3.72. The van der Waals surface area contributed by atoms with Crippen LogP contribution in [0.15, 0.2) is 29.4 Å². The summed E-state index contributed by atoms with van der Waals surface area (Å²) in [6, 6.07) is 5.67. The molecule has 24 heavy (non-hydrogen) atoms. The van der Waals surface area contributed by atoms with E-state index in [1.165, 1.54) is 4.90 Å². The lowest BCUT2D eigenvalue weighted by molar-refractivity contribution is -0.143. The lowest BCUT2D eigenvalue weighted by Crippen LogP contribution is -2.40. The van der Waals surface area contributed by atoms with E-state index in [4.69, 9.17) is 0 Å². The van der Waals surface area contributed by atoms with E-state index in [0.717, 1.165) is 12.1 Å². The molecule has 0 aliphatic carbocycles.